The molecule has 0 spiro atoms. The normalized spacial score (nSPS) is 16.2. The molecule has 1 aliphatic heterocycles. The zero-order valence-electron chi connectivity index (χ0n) is 13.0. The SMILES string of the molecule is COc1ccc(C2C=C(N)Oc3c2c(=O)oc2ccccc32)cc1. The molecule has 5 heteroatoms. The lowest BCUT2D eigenvalue weighted by atomic mass is 9.89. The van der Waals surface area contributed by atoms with Gasteiger partial charge in [-0.3, -0.25) is 0 Å². The van der Waals surface area contributed by atoms with Crippen molar-refractivity contribution in [3.63, 3.8) is 0 Å². The first-order chi connectivity index (χ1) is 11.7. The van der Waals surface area contributed by atoms with Gasteiger partial charge in [0.05, 0.1) is 18.1 Å². The quantitative estimate of drug-likeness (QED) is 0.734. The van der Waals surface area contributed by atoms with Crippen molar-refractivity contribution >= 4 is 11.0 Å². The van der Waals surface area contributed by atoms with E-state index in [-0.39, 0.29) is 11.8 Å². The maximum Gasteiger partial charge on any atom is 0.344 e. The lowest BCUT2D eigenvalue weighted by Gasteiger charge is -2.23. The van der Waals surface area contributed by atoms with E-state index in [1.807, 2.05) is 36.4 Å². The van der Waals surface area contributed by atoms with Crippen molar-refractivity contribution in [1.29, 1.82) is 0 Å². The van der Waals surface area contributed by atoms with Gasteiger partial charge in [-0.05, 0) is 35.9 Å². The lowest BCUT2D eigenvalue weighted by molar-refractivity contribution is 0.393. The number of methoxy groups -OCH3 is 1. The summed E-state index contributed by atoms with van der Waals surface area (Å²) in [5.41, 5.74) is 7.37. The zero-order valence-corrected chi connectivity index (χ0v) is 13.0. The zero-order chi connectivity index (χ0) is 16.7. The van der Waals surface area contributed by atoms with E-state index in [1.165, 1.54) is 0 Å². The summed E-state index contributed by atoms with van der Waals surface area (Å²) >= 11 is 0. The topological polar surface area (TPSA) is 74.7 Å². The highest BCUT2D eigenvalue weighted by Gasteiger charge is 2.29. The smallest absolute Gasteiger partial charge is 0.344 e. The molecule has 1 aromatic heterocycles. The predicted molar refractivity (Wildman–Crippen MR) is 90.2 cm³/mol. The van der Waals surface area contributed by atoms with Gasteiger partial charge in [0.15, 0.2) is 11.6 Å². The molecule has 5 nitrogen and oxygen atoms in total. The third kappa shape index (κ3) is 2.22. The minimum absolute atomic E-state index is 0.263. The molecule has 2 heterocycles. The van der Waals surface area contributed by atoms with Crippen molar-refractivity contribution in [3.05, 3.63) is 82.0 Å². The van der Waals surface area contributed by atoms with Crippen LogP contribution in [0.3, 0.4) is 0 Å². The minimum Gasteiger partial charge on any atom is -0.497 e. The Hall–Kier alpha value is -3.21. The van der Waals surface area contributed by atoms with E-state index in [4.69, 9.17) is 19.6 Å². The Morgan fingerprint density at radius 1 is 1.08 bits per heavy atom. The Balaban J connectivity index is 1.95. The maximum atomic E-state index is 12.5. The largest absolute Gasteiger partial charge is 0.497 e. The van der Waals surface area contributed by atoms with Gasteiger partial charge in [0, 0.05) is 5.92 Å². The van der Waals surface area contributed by atoms with Gasteiger partial charge in [0.2, 0.25) is 0 Å². The van der Waals surface area contributed by atoms with Crippen molar-refractivity contribution in [1.82, 2.24) is 0 Å². The molecule has 0 saturated carbocycles. The molecular formula is C19H15NO4. The van der Waals surface area contributed by atoms with E-state index in [0.29, 0.717) is 16.9 Å². The molecule has 4 rings (SSSR count). The standard InChI is InChI=1S/C19H15NO4/c1-22-12-8-6-11(7-9-12)14-10-16(20)24-18-13-4-2-3-5-15(13)23-19(21)17(14)18/h2-10,14H,20H2,1H3. The lowest BCUT2D eigenvalue weighted by Crippen LogP contribution is -2.22. The van der Waals surface area contributed by atoms with Crippen LogP contribution in [0.1, 0.15) is 17.0 Å². The second-order valence-electron chi connectivity index (χ2n) is 5.55. The van der Waals surface area contributed by atoms with E-state index in [1.54, 1.807) is 25.3 Å². The highest BCUT2D eigenvalue weighted by atomic mass is 16.5. The molecule has 2 aromatic carbocycles. The number of nitrogens with two attached hydrogens (primary N) is 1. The number of hydrogen-bond acceptors (Lipinski definition) is 5. The van der Waals surface area contributed by atoms with Crippen LogP contribution in [-0.4, -0.2) is 7.11 Å². The van der Waals surface area contributed by atoms with E-state index >= 15 is 0 Å². The van der Waals surface area contributed by atoms with E-state index in [9.17, 15) is 4.79 Å². The average molecular weight is 321 g/mol. The summed E-state index contributed by atoms with van der Waals surface area (Å²) in [6.45, 7) is 0. The van der Waals surface area contributed by atoms with Gasteiger partial charge in [-0.1, -0.05) is 24.3 Å². The second-order valence-corrected chi connectivity index (χ2v) is 5.55. The predicted octanol–water partition coefficient (Wildman–Crippen LogP) is 3.13. The fourth-order valence-electron chi connectivity index (χ4n) is 2.99. The molecule has 3 aromatic rings. The van der Waals surface area contributed by atoms with Gasteiger partial charge in [0.25, 0.3) is 0 Å². The first-order valence-corrected chi connectivity index (χ1v) is 7.52. The summed E-state index contributed by atoms with van der Waals surface area (Å²) in [4.78, 5) is 12.5. The first-order valence-electron chi connectivity index (χ1n) is 7.52. The number of hydrogen-bond donors (Lipinski definition) is 1. The van der Waals surface area contributed by atoms with E-state index in [0.717, 1.165) is 16.7 Å². The van der Waals surface area contributed by atoms with Crippen LogP contribution in [0.2, 0.25) is 0 Å². The molecule has 120 valence electrons. The van der Waals surface area contributed by atoms with Gasteiger partial charge in [-0.2, -0.15) is 0 Å². The van der Waals surface area contributed by atoms with E-state index in [2.05, 4.69) is 0 Å². The number of ether oxygens (including phenoxy) is 2. The molecule has 1 atom stereocenters. The maximum absolute atomic E-state index is 12.5. The third-order valence-corrected chi connectivity index (χ3v) is 4.14. The molecule has 0 aliphatic carbocycles. The average Bonchev–Trinajstić information content (AvgIpc) is 2.61. The molecule has 0 saturated heterocycles. The summed E-state index contributed by atoms with van der Waals surface area (Å²) < 4.78 is 16.3. The van der Waals surface area contributed by atoms with Crippen LogP contribution >= 0.6 is 0 Å². The van der Waals surface area contributed by atoms with Crippen LogP contribution < -0.4 is 20.8 Å². The van der Waals surface area contributed by atoms with E-state index < -0.39 is 5.63 Å². The van der Waals surface area contributed by atoms with Crippen LogP contribution in [0.5, 0.6) is 11.5 Å². The molecule has 24 heavy (non-hydrogen) atoms. The summed E-state index contributed by atoms with van der Waals surface area (Å²) in [5.74, 6) is 1.13. The van der Waals surface area contributed by atoms with Crippen molar-refractivity contribution < 1.29 is 13.9 Å². The first kappa shape index (κ1) is 14.4. The van der Waals surface area contributed by atoms with Crippen LogP contribution in [0.4, 0.5) is 0 Å². The Labute approximate surface area is 137 Å². The molecule has 0 radical (unpaired) electrons. The Morgan fingerprint density at radius 3 is 2.58 bits per heavy atom. The number of allylic oxidation sites excluding steroid dienone is 1. The molecule has 0 bridgehead atoms. The molecule has 0 amide bonds. The molecule has 1 unspecified atom stereocenters. The second kappa shape index (κ2) is 5.45. The summed E-state index contributed by atoms with van der Waals surface area (Å²) in [7, 11) is 1.61. The Bertz CT molecular complexity index is 1000. The van der Waals surface area contributed by atoms with Crippen LogP contribution in [-0.2, 0) is 0 Å². The highest BCUT2D eigenvalue weighted by Crippen LogP contribution is 2.39. The molecule has 0 fully saturated rings. The monoisotopic (exact) mass is 321 g/mol. The fraction of sp³-hybridized carbons (Fsp3) is 0.105. The van der Waals surface area contributed by atoms with Crippen molar-refractivity contribution in [2.45, 2.75) is 5.92 Å². The van der Waals surface area contributed by atoms with Crippen molar-refractivity contribution in [2.24, 2.45) is 5.73 Å². The Morgan fingerprint density at radius 2 is 1.83 bits per heavy atom. The summed E-state index contributed by atoms with van der Waals surface area (Å²) in [6.07, 6.45) is 1.72. The Kier molecular flexibility index (Phi) is 3.27. The fourth-order valence-corrected chi connectivity index (χ4v) is 2.99. The van der Waals surface area contributed by atoms with Gasteiger partial charge in [0.1, 0.15) is 11.3 Å². The number of rotatable bonds is 2. The minimum atomic E-state index is -0.423. The van der Waals surface area contributed by atoms with Crippen LogP contribution in [0.25, 0.3) is 11.0 Å². The summed E-state index contributed by atoms with van der Waals surface area (Å²) in [6, 6.07) is 14.7. The van der Waals surface area contributed by atoms with Gasteiger partial charge in [-0.15, -0.1) is 0 Å². The van der Waals surface area contributed by atoms with Gasteiger partial charge >= 0.3 is 5.63 Å². The molecule has 2 N–H and O–H groups in total. The number of benzene rings is 2. The van der Waals surface area contributed by atoms with Gasteiger partial charge < -0.3 is 19.6 Å². The van der Waals surface area contributed by atoms with Crippen LogP contribution in [0.15, 0.2) is 69.7 Å². The van der Waals surface area contributed by atoms with Gasteiger partial charge in [-0.25, -0.2) is 4.79 Å². The highest BCUT2D eigenvalue weighted by molar-refractivity contribution is 5.85. The summed E-state index contributed by atoms with van der Waals surface area (Å²) in [5, 5.41) is 0.724. The van der Waals surface area contributed by atoms with Crippen molar-refractivity contribution in [2.75, 3.05) is 7.11 Å². The number of fused-ring (bicyclic) bond motifs is 3. The molecule has 1 aliphatic rings. The number of para-hydroxylation sites is 1. The van der Waals surface area contributed by atoms with Crippen molar-refractivity contribution in [3.8, 4) is 11.5 Å². The third-order valence-electron chi connectivity index (χ3n) is 4.14. The van der Waals surface area contributed by atoms with Crippen LogP contribution in [0, 0.1) is 0 Å². The molecular weight excluding hydrogens is 306 g/mol.